The molecule has 0 bridgehead atoms. The molecular formula is Gd2Te3. The molecule has 0 spiro atoms. The van der Waals surface area contributed by atoms with Crippen molar-refractivity contribution in [3.05, 3.63) is 0 Å². The molecule has 6 radical (unpaired) electrons. The molecule has 0 aliphatic rings. The summed E-state index contributed by atoms with van der Waals surface area (Å²) in [5, 5.41) is 0. The Hall–Kier alpha value is 5.02. The standard InChI is InChI=1S/2Gd.3Te. The molecule has 0 rings (SSSR count). The van der Waals surface area contributed by atoms with Crippen molar-refractivity contribution in [2.75, 3.05) is 0 Å². The minimum absolute atomic E-state index is 0. The van der Waals surface area contributed by atoms with Crippen LogP contribution in [0.25, 0.3) is 0 Å². The van der Waals surface area contributed by atoms with Gasteiger partial charge >= 0.3 is 0 Å². The second-order valence-electron chi connectivity index (χ2n) is 0. The summed E-state index contributed by atoms with van der Waals surface area (Å²) in [4.78, 5) is 0. The number of hydrogen-bond acceptors (Lipinski definition) is 0. The second kappa shape index (κ2) is 23.0. The summed E-state index contributed by atoms with van der Waals surface area (Å²) in [6.45, 7) is 0. The summed E-state index contributed by atoms with van der Waals surface area (Å²) in [6, 6.07) is 0. The van der Waals surface area contributed by atoms with E-state index in [-0.39, 0.29) is 151 Å². The molecule has 0 amide bonds. The monoisotopic (exact) mass is 706 g/mol. The van der Waals surface area contributed by atoms with Crippen LogP contribution in [0.4, 0.5) is 0 Å². The van der Waals surface area contributed by atoms with Crippen molar-refractivity contribution in [3.63, 3.8) is 0 Å². The first-order valence-electron chi connectivity index (χ1n) is 0. The Morgan fingerprint density at radius 3 is 0.400 bits per heavy atom. The van der Waals surface area contributed by atoms with Gasteiger partial charge in [-0.2, -0.15) is 0 Å². The normalized spacial score (nSPS) is 0. The van der Waals surface area contributed by atoms with Crippen LogP contribution >= 0.6 is 0 Å². The van der Waals surface area contributed by atoms with Gasteiger partial charge in [0.1, 0.15) is 0 Å². The van der Waals surface area contributed by atoms with Gasteiger partial charge in [0.15, 0.2) is 0 Å². The maximum absolute atomic E-state index is 0. The summed E-state index contributed by atoms with van der Waals surface area (Å²) < 4.78 is 0. The summed E-state index contributed by atoms with van der Waals surface area (Å²) in [5.41, 5.74) is 0. The molecule has 0 unspecified atom stereocenters. The van der Waals surface area contributed by atoms with Crippen molar-refractivity contribution in [2.45, 2.75) is 0 Å². The molecule has 0 heterocycles. The van der Waals surface area contributed by atoms with E-state index in [0.29, 0.717) is 0 Å². The van der Waals surface area contributed by atoms with E-state index < -0.39 is 0 Å². The molecule has 0 N–H and O–H groups in total. The summed E-state index contributed by atoms with van der Waals surface area (Å²) in [6.07, 6.45) is 0. The first-order valence-corrected chi connectivity index (χ1v) is 0. The zero-order chi connectivity index (χ0) is 0. The first-order chi connectivity index (χ1) is 0. The van der Waals surface area contributed by atoms with Crippen LogP contribution in [-0.2, 0) is 0 Å². The molecule has 0 fully saturated rings. The van der Waals surface area contributed by atoms with Gasteiger partial charge in [-0.25, -0.2) is 0 Å². The molecule has 5 heteroatoms. The molecule has 0 aliphatic heterocycles. The molecule has 0 aromatic carbocycles. The zero-order valence-corrected chi connectivity index (χ0v) is 13.5. The van der Waals surface area contributed by atoms with Gasteiger partial charge in [0.05, 0.1) is 0 Å². The minimum atomic E-state index is 0. The second-order valence-corrected chi connectivity index (χ2v) is 0. The predicted molar refractivity (Wildman–Crippen MR) is 17.3 cm³/mol. The van der Waals surface area contributed by atoms with Gasteiger partial charge in [-0.3, -0.25) is 0 Å². The van der Waals surface area contributed by atoms with Gasteiger partial charge in [-0.15, -0.1) is 0 Å². The average molecular weight is 697 g/mol. The Kier molecular flexibility index (Phi) is 149. The minimum Gasteiger partial charge on any atom is 0 e. The summed E-state index contributed by atoms with van der Waals surface area (Å²) >= 11 is 0. The fraction of sp³-hybridized carbons (Fsp3) is 0. The van der Waals surface area contributed by atoms with E-state index in [4.69, 9.17) is 0 Å². The van der Waals surface area contributed by atoms with Gasteiger partial charge in [0.2, 0.25) is 0 Å². The molecule has 0 aliphatic carbocycles. The summed E-state index contributed by atoms with van der Waals surface area (Å²) in [7, 11) is 0. The van der Waals surface area contributed by atoms with E-state index >= 15 is 0 Å². The molecule has 5 heavy (non-hydrogen) atoms. The third-order valence-electron chi connectivity index (χ3n) is 0. The third kappa shape index (κ3) is 17.6. The van der Waals surface area contributed by atoms with Crippen LogP contribution in [0.1, 0.15) is 0 Å². The van der Waals surface area contributed by atoms with Gasteiger partial charge in [-0.1, -0.05) is 0 Å². The molecule has 34 valence electrons. The SMILES string of the molecule is [Gd].[Gd].[Te].[Te].[Te]. The van der Waals surface area contributed by atoms with E-state index in [1.54, 1.807) is 0 Å². The van der Waals surface area contributed by atoms with E-state index in [1.165, 1.54) is 0 Å². The quantitative estimate of drug-likeness (QED) is 0.281. The average Bonchev–Trinajstić information content (AvgIpc) is 0. The molecular weight excluding hydrogens is 697 g/mol. The van der Waals surface area contributed by atoms with Crippen molar-refractivity contribution in [1.82, 2.24) is 0 Å². The fourth-order valence-corrected chi connectivity index (χ4v) is 0. The van der Waals surface area contributed by atoms with Crippen LogP contribution in [0, 0.1) is 79.9 Å². The van der Waals surface area contributed by atoms with Crippen LogP contribution in [0.5, 0.6) is 0 Å². The largest absolute Gasteiger partial charge is 0 e. The van der Waals surface area contributed by atoms with Gasteiger partial charge in [-0.05, 0) is 0 Å². The maximum Gasteiger partial charge on any atom is 0 e. The van der Waals surface area contributed by atoms with E-state index in [0.717, 1.165) is 0 Å². The topological polar surface area (TPSA) is 0 Å². The predicted octanol–water partition coefficient (Wildman–Crippen LogP) is -1.14. The Morgan fingerprint density at radius 2 is 0.400 bits per heavy atom. The Balaban J connectivity index is 0. The van der Waals surface area contributed by atoms with Crippen LogP contribution in [0.2, 0.25) is 0 Å². The maximum atomic E-state index is 0. The van der Waals surface area contributed by atoms with Gasteiger partial charge < -0.3 is 0 Å². The molecule has 0 aromatic rings. The van der Waals surface area contributed by atoms with Gasteiger partial charge in [0, 0.05) is 151 Å². The Labute approximate surface area is 146 Å². The van der Waals surface area contributed by atoms with E-state index in [2.05, 4.69) is 0 Å². The molecule has 0 nitrogen and oxygen atoms in total. The fourth-order valence-electron chi connectivity index (χ4n) is 0. The number of rotatable bonds is 0. The Morgan fingerprint density at radius 1 is 0.400 bits per heavy atom. The zero-order valence-electron chi connectivity index (χ0n) is 1.93. The van der Waals surface area contributed by atoms with E-state index in [1.807, 2.05) is 0 Å². The van der Waals surface area contributed by atoms with Crippen LogP contribution in [0.3, 0.4) is 0 Å². The van der Waals surface area contributed by atoms with Crippen molar-refractivity contribution in [2.24, 2.45) is 0 Å². The van der Waals surface area contributed by atoms with Crippen LogP contribution < -0.4 is 0 Å². The smallest absolute Gasteiger partial charge is 0 e. The van der Waals surface area contributed by atoms with Crippen LogP contribution in [-0.4, -0.2) is 71.0 Å². The number of hydrogen-bond donors (Lipinski definition) is 0. The molecule has 0 saturated carbocycles. The van der Waals surface area contributed by atoms with E-state index in [9.17, 15) is 0 Å². The van der Waals surface area contributed by atoms with Crippen molar-refractivity contribution < 1.29 is 79.9 Å². The van der Waals surface area contributed by atoms with Crippen molar-refractivity contribution in [3.8, 4) is 0 Å². The van der Waals surface area contributed by atoms with Gasteiger partial charge in [0.25, 0.3) is 0 Å². The Bertz CT molecular complexity index is 4.85. The molecule has 0 aromatic heterocycles. The molecule has 0 saturated heterocycles. The molecule has 0 atom stereocenters. The van der Waals surface area contributed by atoms with Crippen molar-refractivity contribution >= 4 is 71.0 Å². The third-order valence-corrected chi connectivity index (χ3v) is 0. The summed E-state index contributed by atoms with van der Waals surface area (Å²) in [5.74, 6) is 0. The first kappa shape index (κ1) is 32.4. The van der Waals surface area contributed by atoms with Crippen LogP contribution in [0.15, 0.2) is 0 Å². The van der Waals surface area contributed by atoms with Crippen molar-refractivity contribution in [1.29, 1.82) is 0 Å².